The van der Waals surface area contributed by atoms with Crippen LogP contribution in [0.25, 0.3) is 0 Å². The molecule has 1 rings (SSSR count). The molecule has 78 valence electrons. The molecule has 0 bridgehead atoms. The van der Waals surface area contributed by atoms with Crippen LogP contribution in [-0.4, -0.2) is 44.7 Å². The first-order valence-corrected chi connectivity index (χ1v) is 6.34. The summed E-state index contributed by atoms with van der Waals surface area (Å²) in [4.78, 5) is 0. The van der Waals surface area contributed by atoms with Gasteiger partial charge in [-0.3, -0.25) is 0 Å². The lowest BCUT2D eigenvalue weighted by atomic mass is 10.2. The molecule has 4 nitrogen and oxygen atoms in total. The Kier molecular flexibility index (Phi) is 3.70. The summed E-state index contributed by atoms with van der Waals surface area (Å²) in [6.45, 7) is 3.30. The molecule has 5 heteroatoms. The summed E-state index contributed by atoms with van der Waals surface area (Å²) in [7, 11) is -1.34. The van der Waals surface area contributed by atoms with Crippen molar-refractivity contribution < 1.29 is 8.42 Å². The third-order valence-electron chi connectivity index (χ3n) is 2.48. The normalized spacial score (nSPS) is 24.1. The zero-order valence-electron chi connectivity index (χ0n) is 8.28. The summed E-state index contributed by atoms with van der Waals surface area (Å²) >= 11 is 0. The number of rotatable bonds is 4. The second-order valence-electron chi connectivity index (χ2n) is 3.47. The molecule has 1 N–H and O–H groups in total. The molecule has 1 saturated heterocycles. The van der Waals surface area contributed by atoms with E-state index < -0.39 is 10.0 Å². The Labute approximate surface area is 80.4 Å². The standard InChI is InChI=1S/C8H18N2O2S/c1-3-13(11,12)10(2)7-8-5-4-6-9-8/h8-9H,3-7H2,1-2H3. The van der Waals surface area contributed by atoms with Gasteiger partial charge in [0.05, 0.1) is 5.75 Å². The number of sulfonamides is 1. The average molecular weight is 206 g/mol. The van der Waals surface area contributed by atoms with Gasteiger partial charge in [0.15, 0.2) is 0 Å². The minimum atomic E-state index is -2.99. The number of nitrogens with zero attached hydrogens (tertiary/aromatic N) is 1. The van der Waals surface area contributed by atoms with E-state index in [-0.39, 0.29) is 5.75 Å². The van der Waals surface area contributed by atoms with Gasteiger partial charge in [-0.2, -0.15) is 0 Å². The predicted octanol–water partition coefficient (Wildman–Crippen LogP) is 0.0199. The van der Waals surface area contributed by atoms with Crippen LogP contribution in [0.5, 0.6) is 0 Å². The first-order chi connectivity index (χ1) is 6.06. The zero-order valence-corrected chi connectivity index (χ0v) is 9.10. The van der Waals surface area contributed by atoms with Crippen molar-refractivity contribution in [1.82, 2.24) is 9.62 Å². The Hall–Kier alpha value is -0.130. The highest BCUT2D eigenvalue weighted by Gasteiger charge is 2.21. The summed E-state index contributed by atoms with van der Waals surface area (Å²) in [6.07, 6.45) is 2.24. The summed E-state index contributed by atoms with van der Waals surface area (Å²) in [5.41, 5.74) is 0. The summed E-state index contributed by atoms with van der Waals surface area (Å²) < 4.78 is 24.2. The van der Waals surface area contributed by atoms with Crippen LogP contribution in [-0.2, 0) is 10.0 Å². The summed E-state index contributed by atoms with van der Waals surface area (Å²) in [6, 6.07) is 0.353. The van der Waals surface area contributed by atoms with Crippen LogP contribution >= 0.6 is 0 Å². The second-order valence-corrected chi connectivity index (χ2v) is 5.84. The van der Waals surface area contributed by atoms with Crippen molar-refractivity contribution in [3.63, 3.8) is 0 Å². The topological polar surface area (TPSA) is 49.4 Å². The number of hydrogen-bond donors (Lipinski definition) is 1. The van der Waals surface area contributed by atoms with Gasteiger partial charge in [0, 0.05) is 19.6 Å². The Balaban J connectivity index is 2.44. The van der Waals surface area contributed by atoms with Crippen molar-refractivity contribution in [1.29, 1.82) is 0 Å². The maximum Gasteiger partial charge on any atom is 0.213 e. The number of likely N-dealkylation sites (N-methyl/N-ethyl adjacent to an activating group) is 1. The summed E-state index contributed by atoms with van der Waals surface area (Å²) in [5, 5.41) is 3.28. The fourth-order valence-electron chi connectivity index (χ4n) is 1.56. The van der Waals surface area contributed by atoms with Gasteiger partial charge in [-0.15, -0.1) is 0 Å². The van der Waals surface area contributed by atoms with Crippen molar-refractivity contribution in [2.75, 3.05) is 25.9 Å². The van der Waals surface area contributed by atoms with Gasteiger partial charge in [-0.25, -0.2) is 12.7 Å². The maximum atomic E-state index is 11.4. The van der Waals surface area contributed by atoms with Gasteiger partial charge in [-0.05, 0) is 26.3 Å². The van der Waals surface area contributed by atoms with E-state index >= 15 is 0 Å². The first-order valence-electron chi connectivity index (χ1n) is 4.73. The minimum absolute atomic E-state index is 0.191. The van der Waals surface area contributed by atoms with E-state index in [4.69, 9.17) is 0 Å². The van der Waals surface area contributed by atoms with Gasteiger partial charge >= 0.3 is 0 Å². The Morgan fingerprint density at radius 3 is 2.69 bits per heavy atom. The van der Waals surface area contributed by atoms with Crippen LogP contribution in [0.4, 0.5) is 0 Å². The Bertz CT molecular complexity index is 245. The van der Waals surface area contributed by atoms with Crippen molar-refractivity contribution in [2.24, 2.45) is 0 Å². The molecule has 0 aromatic carbocycles. The molecule has 0 amide bonds. The van der Waals surface area contributed by atoms with E-state index in [0.29, 0.717) is 12.6 Å². The van der Waals surface area contributed by atoms with E-state index in [1.54, 1.807) is 14.0 Å². The molecule has 0 aliphatic carbocycles. The quantitative estimate of drug-likeness (QED) is 0.705. The SMILES string of the molecule is CCS(=O)(=O)N(C)CC1CCCN1. The highest BCUT2D eigenvalue weighted by Crippen LogP contribution is 2.08. The van der Waals surface area contributed by atoms with Crippen LogP contribution in [0, 0.1) is 0 Å². The van der Waals surface area contributed by atoms with E-state index in [1.807, 2.05) is 0 Å². The lowest BCUT2D eigenvalue weighted by molar-refractivity contribution is 0.418. The molecule has 1 unspecified atom stereocenters. The van der Waals surface area contributed by atoms with E-state index in [9.17, 15) is 8.42 Å². The number of nitrogens with one attached hydrogen (secondary N) is 1. The van der Waals surface area contributed by atoms with Gasteiger partial charge in [0.2, 0.25) is 10.0 Å². The molecular weight excluding hydrogens is 188 g/mol. The first kappa shape index (κ1) is 10.9. The molecule has 1 fully saturated rings. The van der Waals surface area contributed by atoms with E-state index in [2.05, 4.69) is 5.32 Å². The highest BCUT2D eigenvalue weighted by molar-refractivity contribution is 7.89. The van der Waals surface area contributed by atoms with Crippen molar-refractivity contribution in [3.05, 3.63) is 0 Å². The Morgan fingerprint density at radius 1 is 1.54 bits per heavy atom. The van der Waals surface area contributed by atoms with Crippen LogP contribution in [0.15, 0.2) is 0 Å². The molecular formula is C8H18N2O2S. The molecule has 1 aliphatic heterocycles. The highest BCUT2D eigenvalue weighted by atomic mass is 32.2. The smallest absolute Gasteiger partial charge is 0.213 e. The molecule has 13 heavy (non-hydrogen) atoms. The third kappa shape index (κ3) is 2.93. The molecule has 1 heterocycles. The largest absolute Gasteiger partial charge is 0.313 e. The maximum absolute atomic E-state index is 11.4. The van der Waals surface area contributed by atoms with Crippen LogP contribution in [0.3, 0.4) is 0 Å². The molecule has 0 aromatic rings. The monoisotopic (exact) mass is 206 g/mol. The fraction of sp³-hybridized carbons (Fsp3) is 1.00. The van der Waals surface area contributed by atoms with Gasteiger partial charge in [-0.1, -0.05) is 0 Å². The molecule has 0 spiro atoms. The van der Waals surface area contributed by atoms with E-state index in [1.165, 1.54) is 4.31 Å². The van der Waals surface area contributed by atoms with Gasteiger partial charge < -0.3 is 5.32 Å². The van der Waals surface area contributed by atoms with E-state index in [0.717, 1.165) is 19.4 Å². The molecule has 0 aromatic heterocycles. The van der Waals surface area contributed by atoms with Crippen molar-refractivity contribution in [3.8, 4) is 0 Å². The van der Waals surface area contributed by atoms with Crippen molar-refractivity contribution in [2.45, 2.75) is 25.8 Å². The zero-order chi connectivity index (χ0) is 9.90. The fourth-order valence-corrected chi connectivity index (χ4v) is 2.40. The number of hydrogen-bond acceptors (Lipinski definition) is 3. The minimum Gasteiger partial charge on any atom is -0.313 e. The predicted molar refractivity (Wildman–Crippen MR) is 53.1 cm³/mol. The van der Waals surface area contributed by atoms with Crippen LogP contribution < -0.4 is 5.32 Å². The summed E-state index contributed by atoms with van der Waals surface area (Å²) in [5.74, 6) is 0.191. The molecule has 0 radical (unpaired) electrons. The second kappa shape index (κ2) is 4.39. The third-order valence-corrected chi connectivity index (χ3v) is 4.31. The lowest BCUT2D eigenvalue weighted by Crippen LogP contribution is -2.39. The van der Waals surface area contributed by atoms with Crippen LogP contribution in [0.1, 0.15) is 19.8 Å². The molecule has 0 saturated carbocycles. The van der Waals surface area contributed by atoms with Crippen LogP contribution in [0.2, 0.25) is 0 Å². The molecule has 1 aliphatic rings. The lowest BCUT2D eigenvalue weighted by Gasteiger charge is -2.19. The van der Waals surface area contributed by atoms with Crippen molar-refractivity contribution >= 4 is 10.0 Å². The average Bonchev–Trinajstić information content (AvgIpc) is 2.57. The van der Waals surface area contributed by atoms with Gasteiger partial charge in [0.25, 0.3) is 0 Å². The van der Waals surface area contributed by atoms with Gasteiger partial charge in [0.1, 0.15) is 0 Å². The molecule has 1 atom stereocenters. The Morgan fingerprint density at radius 2 is 2.23 bits per heavy atom.